The summed E-state index contributed by atoms with van der Waals surface area (Å²) in [5, 5.41) is 0.922. The van der Waals surface area contributed by atoms with Gasteiger partial charge in [0.05, 0.1) is 20.1 Å². The lowest BCUT2D eigenvalue weighted by atomic mass is 10.1. The van der Waals surface area contributed by atoms with Crippen LogP contribution >= 0.6 is 39.1 Å². The van der Waals surface area contributed by atoms with Crippen LogP contribution < -0.4 is 14.2 Å². The topological polar surface area (TPSA) is 68.3 Å². The SMILES string of the molecule is COc1ccc(CCN2CC(C(=O)N(C)Cc3ccc(Br)cc3Oc3cc(Cl)cc(Cl)c3)CC2=O)cc1OC. The molecule has 10 heteroatoms. The predicted octanol–water partition coefficient (Wildman–Crippen LogP) is 6.62. The van der Waals surface area contributed by atoms with Crippen molar-refractivity contribution >= 4 is 50.9 Å². The Morgan fingerprint density at radius 2 is 1.72 bits per heavy atom. The van der Waals surface area contributed by atoms with Crippen LogP contribution in [0.2, 0.25) is 10.0 Å². The highest BCUT2D eigenvalue weighted by atomic mass is 79.9. The quantitative estimate of drug-likeness (QED) is 0.251. The summed E-state index contributed by atoms with van der Waals surface area (Å²) in [4.78, 5) is 29.4. The predicted molar refractivity (Wildman–Crippen MR) is 155 cm³/mol. The minimum Gasteiger partial charge on any atom is -0.493 e. The van der Waals surface area contributed by atoms with E-state index in [1.165, 1.54) is 0 Å². The Bertz CT molecular complexity index is 1350. The molecule has 0 N–H and O–H groups in total. The third-order valence-electron chi connectivity index (χ3n) is 6.56. The Morgan fingerprint density at radius 3 is 2.41 bits per heavy atom. The third-order valence-corrected chi connectivity index (χ3v) is 7.49. The van der Waals surface area contributed by atoms with E-state index in [4.69, 9.17) is 37.4 Å². The minimum absolute atomic E-state index is 0.0206. The van der Waals surface area contributed by atoms with Crippen LogP contribution in [0.1, 0.15) is 17.5 Å². The van der Waals surface area contributed by atoms with E-state index in [0.717, 1.165) is 15.6 Å². The number of methoxy groups -OCH3 is 2. The average molecular weight is 636 g/mol. The molecule has 0 radical (unpaired) electrons. The van der Waals surface area contributed by atoms with Crippen molar-refractivity contribution in [1.82, 2.24) is 9.80 Å². The molecular formula is C29H29BrCl2N2O5. The van der Waals surface area contributed by atoms with E-state index in [0.29, 0.717) is 59.1 Å². The molecule has 2 amide bonds. The van der Waals surface area contributed by atoms with E-state index in [-0.39, 0.29) is 18.2 Å². The monoisotopic (exact) mass is 634 g/mol. The lowest BCUT2D eigenvalue weighted by Crippen LogP contribution is -2.34. The van der Waals surface area contributed by atoms with Gasteiger partial charge in [-0.2, -0.15) is 0 Å². The Kier molecular flexibility index (Phi) is 9.64. The van der Waals surface area contributed by atoms with Crippen LogP contribution in [0.15, 0.2) is 59.1 Å². The van der Waals surface area contributed by atoms with Gasteiger partial charge in [-0.3, -0.25) is 9.59 Å². The lowest BCUT2D eigenvalue weighted by Gasteiger charge is -2.23. The molecule has 0 bridgehead atoms. The number of hydrogen-bond donors (Lipinski definition) is 0. The number of carbonyl (C=O) groups is 2. The summed E-state index contributed by atoms with van der Waals surface area (Å²) in [5.74, 6) is 1.85. The Hall–Kier alpha value is -2.94. The van der Waals surface area contributed by atoms with Crippen molar-refractivity contribution in [3.05, 3.63) is 80.2 Å². The molecular weight excluding hydrogens is 607 g/mol. The van der Waals surface area contributed by atoms with Gasteiger partial charge in [-0.05, 0) is 54.4 Å². The zero-order valence-corrected chi connectivity index (χ0v) is 25.0. The van der Waals surface area contributed by atoms with Crippen molar-refractivity contribution in [2.24, 2.45) is 5.92 Å². The lowest BCUT2D eigenvalue weighted by molar-refractivity contribution is -0.135. The zero-order valence-electron chi connectivity index (χ0n) is 21.9. The van der Waals surface area contributed by atoms with Gasteiger partial charge in [0.15, 0.2) is 11.5 Å². The van der Waals surface area contributed by atoms with Gasteiger partial charge in [0.1, 0.15) is 11.5 Å². The molecule has 1 fully saturated rings. The minimum atomic E-state index is -0.403. The summed E-state index contributed by atoms with van der Waals surface area (Å²) in [6.45, 7) is 1.22. The molecule has 0 aromatic heterocycles. The normalized spacial score (nSPS) is 14.9. The maximum atomic E-state index is 13.3. The van der Waals surface area contributed by atoms with E-state index in [9.17, 15) is 9.59 Å². The van der Waals surface area contributed by atoms with Gasteiger partial charge in [-0.1, -0.05) is 51.3 Å². The third kappa shape index (κ3) is 7.38. The number of hydrogen-bond acceptors (Lipinski definition) is 5. The summed E-state index contributed by atoms with van der Waals surface area (Å²) in [6.07, 6.45) is 0.843. The van der Waals surface area contributed by atoms with Crippen LogP contribution in [0.25, 0.3) is 0 Å². The maximum absolute atomic E-state index is 13.3. The molecule has 0 spiro atoms. The summed E-state index contributed by atoms with van der Waals surface area (Å²) in [5.41, 5.74) is 1.83. The molecule has 4 rings (SSSR count). The molecule has 1 aliphatic rings. The summed E-state index contributed by atoms with van der Waals surface area (Å²) >= 11 is 15.7. The van der Waals surface area contributed by atoms with E-state index in [1.54, 1.807) is 49.3 Å². The van der Waals surface area contributed by atoms with Crippen molar-refractivity contribution in [3.8, 4) is 23.0 Å². The maximum Gasteiger partial charge on any atom is 0.228 e. The van der Waals surface area contributed by atoms with Gasteiger partial charge >= 0.3 is 0 Å². The Morgan fingerprint density at radius 1 is 1.00 bits per heavy atom. The summed E-state index contributed by atoms with van der Waals surface area (Å²) in [7, 11) is 4.92. The fourth-order valence-electron chi connectivity index (χ4n) is 4.57. The van der Waals surface area contributed by atoms with Gasteiger partial charge in [-0.15, -0.1) is 0 Å². The standard InChI is InChI=1S/C29H29BrCl2N2O5/c1-33(16-19-5-6-21(30)12-26(19)39-24-14-22(31)13-23(32)15-24)29(36)20-11-28(35)34(17-20)9-8-18-4-7-25(37-2)27(10-18)38-3/h4-7,10,12-15,20H,8-9,11,16-17H2,1-3H3. The first-order valence-corrected chi connectivity index (χ1v) is 13.9. The average Bonchev–Trinajstić information content (AvgIpc) is 3.27. The molecule has 39 heavy (non-hydrogen) atoms. The second kappa shape index (κ2) is 12.9. The van der Waals surface area contributed by atoms with Crippen LogP contribution in [-0.4, -0.2) is 56.0 Å². The number of amides is 2. The number of ether oxygens (including phenoxy) is 3. The van der Waals surface area contributed by atoms with E-state index >= 15 is 0 Å². The van der Waals surface area contributed by atoms with E-state index in [1.807, 2.05) is 36.4 Å². The van der Waals surface area contributed by atoms with Crippen LogP contribution in [-0.2, 0) is 22.6 Å². The number of halogens is 3. The van der Waals surface area contributed by atoms with Crippen molar-refractivity contribution in [2.45, 2.75) is 19.4 Å². The number of nitrogens with zero attached hydrogens (tertiary/aromatic N) is 2. The molecule has 1 heterocycles. The zero-order chi connectivity index (χ0) is 28.1. The van der Waals surface area contributed by atoms with Crippen molar-refractivity contribution < 1.29 is 23.8 Å². The molecule has 0 saturated carbocycles. The second-order valence-corrected chi connectivity index (χ2v) is 11.1. The van der Waals surface area contributed by atoms with Gasteiger partial charge < -0.3 is 24.0 Å². The number of rotatable bonds is 10. The number of likely N-dealkylation sites (tertiary alicyclic amines) is 1. The van der Waals surface area contributed by atoms with Crippen LogP contribution in [0.4, 0.5) is 0 Å². The fraction of sp³-hybridized carbons (Fsp3) is 0.310. The highest BCUT2D eigenvalue weighted by molar-refractivity contribution is 9.10. The van der Waals surface area contributed by atoms with Gasteiger partial charge in [-0.25, -0.2) is 0 Å². The summed E-state index contributed by atoms with van der Waals surface area (Å²) in [6, 6.07) is 16.3. The smallest absolute Gasteiger partial charge is 0.228 e. The van der Waals surface area contributed by atoms with Crippen molar-refractivity contribution in [3.63, 3.8) is 0 Å². The van der Waals surface area contributed by atoms with Gasteiger partial charge in [0.25, 0.3) is 0 Å². The highest BCUT2D eigenvalue weighted by Gasteiger charge is 2.35. The molecule has 1 unspecified atom stereocenters. The molecule has 206 valence electrons. The van der Waals surface area contributed by atoms with Crippen LogP contribution in [0, 0.1) is 5.92 Å². The van der Waals surface area contributed by atoms with E-state index < -0.39 is 5.92 Å². The van der Waals surface area contributed by atoms with Crippen LogP contribution in [0.3, 0.4) is 0 Å². The van der Waals surface area contributed by atoms with Crippen molar-refractivity contribution in [2.75, 3.05) is 34.4 Å². The molecule has 1 saturated heterocycles. The van der Waals surface area contributed by atoms with Crippen molar-refractivity contribution in [1.29, 1.82) is 0 Å². The van der Waals surface area contributed by atoms with Crippen LogP contribution in [0.5, 0.6) is 23.0 Å². The first kappa shape index (κ1) is 29.1. The first-order valence-electron chi connectivity index (χ1n) is 12.3. The van der Waals surface area contributed by atoms with Gasteiger partial charge in [0, 0.05) is 53.2 Å². The second-order valence-electron chi connectivity index (χ2n) is 9.33. The summed E-state index contributed by atoms with van der Waals surface area (Å²) < 4.78 is 17.6. The van der Waals surface area contributed by atoms with Gasteiger partial charge in [0.2, 0.25) is 11.8 Å². The molecule has 7 nitrogen and oxygen atoms in total. The fourth-order valence-corrected chi connectivity index (χ4v) is 5.41. The Balaban J connectivity index is 1.39. The highest BCUT2D eigenvalue weighted by Crippen LogP contribution is 2.33. The molecule has 3 aromatic carbocycles. The molecule has 1 atom stereocenters. The molecule has 3 aromatic rings. The first-order chi connectivity index (χ1) is 18.7. The van der Waals surface area contributed by atoms with E-state index in [2.05, 4.69) is 15.9 Å². The molecule has 0 aliphatic carbocycles. The largest absolute Gasteiger partial charge is 0.493 e. The molecule has 1 aliphatic heterocycles. The number of benzene rings is 3. The number of carbonyl (C=O) groups excluding carboxylic acids is 2. The Labute approximate surface area is 246 Å².